The Hall–Kier alpha value is -0.210. The molecule has 0 aliphatic heterocycles. The van der Waals surface area contributed by atoms with Crippen LogP contribution in [0.1, 0.15) is 26.7 Å². The number of hydrogen-bond donors (Lipinski definition) is 3. The monoisotopic (exact) mass is 328 g/mol. The number of halogens is 1. The lowest BCUT2D eigenvalue weighted by molar-refractivity contribution is 0.0457. The van der Waals surface area contributed by atoms with E-state index in [0.29, 0.717) is 15.7 Å². The van der Waals surface area contributed by atoms with Gasteiger partial charge in [0.25, 0.3) is 0 Å². The van der Waals surface area contributed by atoms with Crippen LogP contribution in [0.4, 0.5) is 0 Å². The van der Waals surface area contributed by atoms with E-state index in [1.807, 2.05) is 6.92 Å². The molecule has 0 rings (SSSR count). The minimum atomic E-state index is -2.81. The van der Waals surface area contributed by atoms with Crippen molar-refractivity contribution in [2.45, 2.75) is 38.3 Å². The molecular weight excluding hydrogens is 308 g/mol. The maximum absolute atomic E-state index is 11.1. The zero-order chi connectivity index (χ0) is 15.1. The number of rotatable bonds is 9. The molecule has 0 amide bonds. The van der Waals surface area contributed by atoms with Gasteiger partial charge in [0.05, 0.1) is 16.0 Å². The van der Waals surface area contributed by atoms with E-state index in [2.05, 4.69) is 11.3 Å². The molecule has 0 aromatic carbocycles. The topological polar surface area (TPSA) is 81.4 Å². The lowest BCUT2D eigenvalue weighted by Gasteiger charge is -2.37. The third kappa shape index (κ3) is 5.74. The zero-order valence-corrected chi connectivity index (χ0v) is 13.8. The number of hydrogen-bond acceptors (Lipinski definition) is 5. The Morgan fingerprint density at radius 2 is 2.26 bits per heavy atom. The minimum Gasteiger partial charge on any atom is -0.404 e. The molecule has 0 saturated carbocycles. The normalized spacial score (nSPS) is 17.2. The quantitative estimate of drug-likeness (QED) is 0.563. The Bertz CT molecular complexity index is 405. The van der Waals surface area contributed by atoms with E-state index in [-0.39, 0.29) is 6.10 Å². The zero-order valence-electron chi connectivity index (χ0n) is 11.3. The summed E-state index contributed by atoms with van der Waals surface area (Å²) in [6.45, 7) is 7.28. The van der Waals surface area contributed by atoms with Crippen LogP contribution in [0.5, 0.6) is 0 Å². The SMILES string of the molecule is C=C(Cl)S/C(=C\N)C(C)(N[SH](=O)=O)C(CCC)OC. The van der Waals surface area contributed by atoms with E-state index in [9.17, 15) is 8.42 Å². The van der Waals surface area contributed by atoms with Crippen LogP contribution in [0, 0.1) is 0 Å². The first-order valence-corrected chi connectivity index (χ1v) is 8.08. The van der Waals surface area contributed by atoms with Crippen molar-refractivity contribution in [3.8, 4) is 0 Å². The van der Waals surface area contributed by atoms with Crippen molar-refractivity contribution in [3.63, 3.8) is 0 Å². The molecule has 2 atom stereocenters. The van der Waals surface area contributed by atoms with Gasteiger partial charge in [-0.2, -0.15) is 0 Å². The molecule has 3 N–H and O–H groups in total. The molecule has 0 heterocycles. The van der Waals surface area contributed by atoms with Crippen LogP contribution >= 0.6 is 23.4 Å². The fourth-order valence-electron chi connectivity index (χ4n) is 1.81. The molecule has 0 aromatic heterocycles. The third-order valence-corrected chi connectivity index (χ3v) is 4.57. The maximum atomic E-state index is 11.1. The molecular formula is C11H21ClN2O3S2. The predicted molar refractivity (Wildman–Crippen MR) is 82.4 cm³/mol. The molecule has 112 valence electrons. The van der Waals surface area contributed by atoms with Gasteiger partial charge in [0.15, 0.2) is 0 Å². The summed E-state index contributed by atoms with van der Waals surface area (Å²) in [5, 5.41) is 0. The summed E-state index contributed by atoms with van der Waals surface area (Å²) in [4.78, 5) is 0.548. The Morgan fingerprint density at radius 1 is 1.68 bits per heavy atom. The summed E-state index contributed by atoms with van der Waals surface area (Å²) < 4.78 is 30.4. The van der Waals surface area contributed by atoms with E-state index in [0.717, 1.165) is 18.2 Å². The second-order valence-corrected chi connectivity index (χ2v) is 6.63. The molecule has 0 bridgehead atoms. The number of ether oxygens (including phenoxy) is 1. The number of thioether (sulfide) groups is 1. The van der Waals surface area contributed by atoms with Crippen molar-refractivity contribution >= 4 is 34.3 Å². The summed E-state index contributed by atoms with van der Waals surface area (Å²) in [5.74, 6) is 0. The molecule has 0 radical (unpaired) electrons. The van der Waals surface area contributed by atoms with Crippen LogP contribution in [0.25, 0.3) is 0 Å². The average molecular weight is 329 g/mol. The van der Waals surface area contributed by atoms with Gasteiger partial charge < -0.3 is 10.5 Å². The van der Waals surface area contributed by atoms with Gasteiger partial charge in [-0.15, -0.1) is 0 Å². The van der Waals surface area contributed by atoms with Crippen molar-refractivity contribution in [1.82, 2.24) is 4.72 Å². The first-order chi connectivity index (χ1) is 8.81. The Morgan fingerprint density at radius 3 is 2.58 bits per heavy atom. The van der Waals surface area contributed by atoms with Gasteiger partial charge in [-0.3, -0.25) is 0 Å². The summed E-state index contributed by atoms with van der Waals surface area (Å²) in [5.41, 5.74) is 4.62. The van der Waals surface area contributed by atoms with Gasteiger partial charge in [-0.05, 0) is 13.3 Å². The van der Waals surface area contributed by atoms with Crippen molar-refractivity contribution in [1.29, 1.82) is 0 Å². The van der Waals surface area contributed by atoms with Crippen molar-refractivity contribution in [3.05, 3.63) is 22.0 Å². The van der Waals surface area contributed by atoms with Gasteiger partial charge >= 0.3 is 0 Å². The highest BCUT2D eigenvalue weighted by Crippen LogP contribution is 2.37. The van der Waals surface area contributed by atoms with Crippen molar-refractivity contribution < 1.29 is 13.2 Å². The molecule has 0 fully saturated rings. The molecule has 0 saturated heterocycles. The van der Waals surface area contributed by atoms with Crippen LogP contribution in [0.3, 0.4) is 0 Å². The average Bonchev–Trinajstić information content (AvgIpc) is 2.31. The molecule has 0 aliphatic carbocycles. The van der Waals surface area contributed by atoms with E-state index in [4.69, 9.17) is 22.1 Å². The molecule has 5 nitrogen and oxygen atoms in total. The summed E-state index contributed by atoms with van der Waals surface area (Å²) in [6.07, 6.45) is 2.49. The lowest BCUT2D eigenvalue weighted by Crippen LogP contribution is -2.53. The summed E-state index contributed by atoms with van der Waals surface area (Å²) >= 11 is 6.89. The smallest absolute Gasteiger partial charge is 0.202 e. The largest absolute Gasteiger partial charge is 0.404 e. The van der Waals surface area contributed by atoms with Gasteiger partial charge in [0.1, 0.15) is 0 Å². The lowest BCUT2D eigenvalue weighted by atomic mass is 9.92. The van der Waals surface area contributed by atoms with Gasteiger partial charge in [-0.1, -0.05) is 43.3 Å². The molecule has 19 heavy (non-hydrogen) atoms. The summed E-state index contributed by atoms with van der Waals surface area (Å²) in [7, 11) is -1.28. The molecule has 0 aliphatic rings. The number of nitrogens with two attached hydrogens (primary N) is 1. The van der Waals surface area contributed by atoms with E-state index < -0.39 is 16.4 Å². The van der Waals surface area contributed by atoms with Crippen LogP contribution in [-0.2, 0) is 15.6 Å². The highest BCUT2D eigenvalue weighted by Gasteiger charge is 2.39. The second kappa shape index (κ2) is 8.86. The number of methoxy groups -OCH3 is 1. The first-order valence-electron chi connectivity index (χ1n) is 5.71. The molecule has 8 heteroatoms. The molecule has 0 aromatic rings. The second-order valence-electron chi connectivity index (χ2n) is 4.07. The van der Waals surface area contributed by atoms with Crippen LogP contribution < -0.4 is 10.5 Å². The number of thiol groups is 1. The van der Waals surface area contributed by atoms with Gasteiger partial charge in [-0.25, -0.2) is 13.1 Å². The minimum absolute atomic E-state index is 0.303. The van der Waals surface area contributed by atoms with Crippen LogP contribution in [0.2, 0.25) is 0 Å². The van der Waals surface area contributed by atoms with E-state index in [1.165, 1.54) is 13.3 Å². The Labute approximate surface area is 125 Å². The maximum Gasteiger partial charge on any atom is 0.202 e. The van der Waals surface area contributed by atoms with Crippen molar-refractivity contribution in [2.24, 2.45) is 5.73 Å². The fourth-order valence-corrected chi connectivity index (χ4v) is 3.48. The fraction of sp³-hybridized carbons (Fsp3) is 0.636. The molecule has 2 unspecified atom stereocenters. The Balaban J connectivity index is 5.52. The predicted octanol–water partition coefficient (Wildman–Crippen LogP) is 1.92. The standard InChI is InChI=1S/C11H21ClN2O3S2/c1-5-6-9(17-4)11(3,14-19(15)16)10(7-13)18-8(2)12/h7,9,19H,2,5-6,13H2,1,3-4H3,(H,14,15,16)/b10-7-. The van der Waals surface area contributed by atoms with Crippen molar-refractivity contribution in [2.75, 3.05) is 7.11 Å². The highest BCUT2D eigenvalue weighted by atomic mass is 35.5. The van der Waals surface area contributed by atoms with E-state index >= 15 is 0 Å². The first kappa shape index (κ1) is 18.8. The number of nitrogens with one attached hydrogen (secondary N) is 1. The van der Waals surface area contributed by atoms with Crippen LogP contribution in [0.15, 0.2) is 22.0 Å². The molecule has 0 spiro atoms. The van der Waals surface area contributed by atoms with Crippen LogP contribution in [-0.4, -0.2) is 27.2 Å². The highest BCUT2D eigenvalue weighted by molar-refractivity contribution is 8.08. The van der Waals surface area contributed by atoms with Gasteiger partial charge in [0.2, 0.25) is 10.9 Å². The summed E-state index contributed by atoms with van der Waals surface area (Å²) in [6, 6.07) is 0. The third-order valence-electron chi connectivity index (χ3n) is 2.69. The Kier molecular flexibility index (Phi) is 8.76. The van der Waals surface area contributed by atoms with E-state index in [1.54, 1.807) is 6.92 Å². The van der Waals surface area contributed by atoms with Gasteiger partial charge in [0, 0.05) is 18.2 Å².